The van der Waals surface area contributed by atoms with Gasteiger partial charge in [-0.2, -0.15) is 13.2 Å². The van der Waals surface area contributed by atoms with Gasteiger partial charge in [0, 0.05) is 18.3 Å². The Bertz CT molecular complexity index is 798. The van der Waals surface area contributed by atoms with E-state index in [4.69, 9.17) is 5.73 Å². The second-order valence-corrected chi connectivity index (χ2v) is 5.36. The topological polar surface area (TPSA) is 84.2 Å². The lowest BCUT2D eigenvalue weighted by atomic mass is 10.1. The molecule has 0 unspecified atom stereocenters. The molecule has 0 fully saturated rings. The summed E-state index contributed by atoms with van der Waals surface area (Å²) in [5.41, 5.74) is 6.08. The molecule has 2 aromatic carbocycles. The lowest BCUT2D eigenvalue weighted by molar-refractivity contribution is -0.137. The van der Waals surface area contributed by atoms with Crippen LogP contribution in [0.1, 0.15) is 16.7 Å². The van der Waals surface area contributed by atoms with Crippen molar-refractivity contribution in [2.75, 3.05) is 5.32 Å². The highest BCUT2D eigenvalue weighted by Gasteiger charge is 2.29. The van der Waals surface area contributed by atoms with Crippen molar-refractivity contribution in [2.45, 2.75) is 12.7 Å². The molecule has 2 aromatic rings. The predicted octanol–water partition coefficient (Wildman–Crippen LogP) is 3.53. The zero-order chi connectivity index (χ0) is 19.2. The summed E-state index contributed by atoms with van der Waals surface area (Å²) >= 11 is 0. The standard InChI is InChI=1S/C18H16F3N3O2/c19-18(20,21)14-6-1-12(2-7-14)5-10-16(25)23-11-13-3-8-15(9-4-13)24-17(22)26/h1-10H,11H2,(H,23,25)(H3,22,24,26)/b10-5+. The van der Waals surface area contributed by atoms with Gasteiger partial charge in [-0.3, -0.25) is 4.79 Å². The average molecular weight is 363 g/mol. The maximum atomic E-state index is 12.5. The van der Waals surface area contributed by atoms with Gasteiger partial charge in [-0.15, -0.1) is 0 Å². The van der Waals surface area contributed by atoms with Crippen molar-refractivity contribution in [3.63, 3.8) is 0 Å². The zero-order valence-corrected chi connectivity index (χ0v) is 13.5. The molecule has 2 rings (SSSR count). The first kappa shape index (κ1) is 19.0. The quantitative estimate of drug-likeness (QED) is 0.710. The molecule has 5 nitrogen and oxygen atoms in total. The van der Waals surface area contributed by atoms with E-state index in [0.717, 1.165) is 17.7 Å². The van der Waals surface area contributed by atoms with Crippen LogP contribution in [-0.4, -0.2) is 11.9 Å². The molecule has 0 saturated carbocycles. The molecule has 0 radical (unpaired) electrons. The molecule has 0 aliphatic carbocycles. The Morgan fingerprint density at radius 1 is 1.00 bits per heavy atom. The first-order valence-corrected chi connectivity index (χ1v) is 7.52. The van der Waals surface area contributed by atoms with Gasteiger partial charge in [-0.25, -0.2) is 4.79 Å². The fourth-order valence-corrected chi connectivity index (χ4v) is 2.05. The fourth-order valence-electron chi connectivity index (χ4n) is 2.05. The van der Waals surface area contributed by atoms with Crippen molar-refractivity contribution in [1.82, 2.24) is 5.32 Å². The van der Waals surface area contributed by atoms with Crippen LogP contribution >= 0.6 is 0 Å². The van der Waals surface area contributed by atoms with Crippen molar-refractivity contribution in [3.05, 3.63) is 71.3 Å². The van der Waals surface area contributed by atoms with E-state index in [1.165, 1.54) is 24.3 Å². The Morgan fingerprint density at radius 2 is 1.62 bits per heavy atom. The van der Waals surface area contributed by atoms with E-state index in [9.17, 15) is 22.8 Å². The second kappa shape index (κ2) is 8.19. The van der Waals surface area contributed by atoms with Crippen LogP contribution in [0.2, 0.25) is 0 Å². The van der Waals surface area contributed by atoms with Crippen molar-refractivity contribution >= 4 is 23.7 Å². The largest absolute Gasteiger partial charge is 0.416 e. The number of carbonyl (C=O) groups excluding carboxylic acids is 2. The lowest BCUT2D eigenvalue weighted by Crippen LogP contribution is -2.20. The highest BCUT2D eigenvalue weighted by atomic mass is 19.4. The highest BCUT2D eigenvalue weighted by molar-refractivity contribution is 5.91. The minimum atomic E-state index is -4.39. The lowest BCUT2D eigenvalue weighted by Gasteiger charge is -2.06. The van der Waals surface area contributed by atoms with Crippen LogP contribution in [0.5, 0.6) is 0 Å². The van der Waals surface area contributed by atoms with Gasteiger partial charge in [0.1, 0.15) is 0 Å². The molecule has 0 aromatic heterocycles. The number of halogens is 3. The van der Waals surface area contributed by atoms with Gasteiger partial charge in [-0.1, -0.05) is 24.3 Å². The van der Waals surface area contributed by atoms with Crippen LogP contribution in [0, 0.1) is 0 Å². The Labute approximate surface area is 147 Å². The number of anilines is 1. The first-order valence-electron chi connectivity index (χ1n) is 7.52. The molecule has 8 heteroatoms. The summed E-state index contributed by atoms with van der Waals surface area (Å²) in [6, 6.07) is 10.5. The number of alkyl halides is 3. The number of nitrogens with two attached hydrogens (primary N) is 1. The molecule has 0 aliphatic rings. The smallest absolute Gasteiger partial charge is 0.351 e. The first-order chi connectivity index (χ1) is 12.2. The van der Waals surface area contributed by atoms with Gasteiger partial charge in [-0.05, 0) is 41.5 Å². The van der Waals surface area contributed by atoms with Crippen molar-refractivity contribution in [3.8, 4) is 0 Å². The number of hydrogen-bond acceptors (Lipinski definition) is 2. The molecule has 136 valence electrons. The average Bonchev–Trinajstić information content (AvgIpc) is 2.58. The molecule has 0 saturated heterocycles. The van der Waals surface area contributed by atoms with Crippen molar-refractivity contribution < 1.29 is 22.8 Å². The summed E-state index contributed by atoms with van der Waals surface area (Å²) in [6.07, 6.45) is -1.72. The third kappa shape index (κ3) is 5.97. The predicted molar refractivity (Wildman–Crippen MR) is 92.0 cm³/mol. The third-order valence-electron chi connectivity index (χ3n) is 3.35. The van der Waals surface area contributed by atoms with Crippen LogP contribution in [0.4, 0.5) is 23.7 Å². The molecule has 0 bridgehead atoms. The summed E-state index contributed by atoms with van der Waals surface area (Å²) in [4.78, 5) is 22.5. The summed E-state index contributed by atoms with van der Waals surface area (Å²) in [5.74, 6) is -0.385. The summed E-state index contributed by atoms with van der Waals surface area (Å²) in [6.45, 7) is 0.257. The van der Waals surface area contributed by atoms with Gasteiger partial charge < -0.3 is 16.4 Å². The van der Waals surface area contributed by atoms with E-state index in [1.54, 1.807) is 24.3 Å². The number of primary amides is 1. The highest BCUT2D eigenvalue weighted by Crippen LogP contribution is 2.29. The molecule has 26 heavy (non-hydrogen) atoms. The van der Waals surface area contributed by atoms with E-state index in [0.29, 0.717) is 11.3 Å². The number of rotatable bonds is 5. The van der Waals surface area contributed by atoms with E-state index in [1.807, 2.05) is 0 Å². The minimum absolute atomic E-state index is 0.257. The van der Waals surface area contributed by atoms with Gasteiger partial charge in [0.15, 0.2) is 0 Å². The van der Waals surface area contributed by atoms with E-state index >= 15 is 0 Å². The van der Waals surface area contributed by atoms with Crippen molar-refractivity contribution in [1.29, 1.82) is 0 Å². The molecule has 0 atom stereocenters. The maximum absolute atomic E-state index is 12.5. The van der Waals surface area contributed by atoms with Gasteiger partial charge in [0.25, 0.3) is 0 Å². The second-order valence-electron chi connectivity index (χ2n) is 5.36. The van der Waals surface area contributed by atoms with Crippen LogP contribution in [-0.2, 0) is 17.5 Å². The van der Waals surface area contributed by atoms with Crippen LogP contribution < -0.4 is 16.4 Å². The Hall–Kier alpha value is -3.29. The Kier molecular flexibility index (Phi) is 6.00. The van der Waals surface area contributed by atoms with Crippen LogP contribution in [0.15, 0.2) is 54.6 Å². The maximum Gasteiger partial charge on any atom is 0.416 e. The molecule has 3 amide bonds. The van der Waals surface area contributed by atoms with Crippen LogP contribution in [0.3, 0.4) is 0 Å². The van der Waals surface area contributed by atoms with Gasteiger partial charge >= 0.3 is 12.2 Å². The van der Waals surface area contributed by atoms with Gasteiger partial charge in [0.2, 0.25) is 5.91 Å². The van der Waals surface area contributed by atoms with Crippen LogP contribution in [0.25, 0.3) is 6.08 Å². The minimum Gasteiger partial charge on any atom is -0.351 e. The molecule has 0 spiro atoms. The number of benzene rings is 2. The summed E-state index contributed by atoms with van der Waals surface area (Å²) in [7, 11) is 0. The Balaban J connectivity index is 1.86. The van der Waals surface area contributed by atoms with Gasteiger partial charge in [0.05, 0.1) is 5.56 Å². The SMILES string of the molecule is NC(=O)Nc1ccc(CNC(=O)/C=C/c2ccc(C(F)(F)F)cc2)cc1. The molecular formula is C18H16F3N3O2. The van der Waals surface area contributed by atoms with Crippen molar-refractivity contribution in [2.24, 2.45) is 5.73 Å². The molecular weight excluding hydrogens is 347 g/mol. The summed E-state index contributed by atoms with van der Waals surface area (Å²) in [5, 5.41) is 5.07. The number of nitrogens with one attached hydrogen (secondary N) is 2. The Morgan fingerprint density at radius 3 is 2.15 bits per heavy atom. The van der Waals surface area contributed by atoms with E-state index in [-0.39, 0.29) is 12.5 Å². The molecule has 0 aliphatic heterocycles. The fraction of sp³-hybridized carbons (Fsp3) is 0.111. The number of hydrogen-bond donors (Lipinski definition) is 3. The summed E-state index contributed by atoms with van der Waals surface area (Å²) < 4.78 is 37.4. The van der Waals surface area contributed by atoms with E-state index < -0.39 is 17.8 Å². The number of amides is 3. The normalized spacial score (nSPS) is 11.3. The third-order valence-corrected chi connectivity index (χ3v) is 3.35. The number of urea groups is 1. The zero-order valence-electron chi connectivity index (χ0n) is 13.5. The van der Waals surface area contributed by atoms with E-state index in [2.05, 4.69) is 10.6 Å². The molecule has 0 heterocycles. The monoisotopic (exact) mass is 363 g/mol. The molecule has 4 N–H and O–H groups in total. The number of carbonyl (C=O) groups is 2.